The molecule has 2 saturated heterocycles. The lowest BCUT2D eigenvalue weighted by atomic mass is 9.95. The van der Waals surface area contributed by atoms with E-state index in [9.17, 15) is 5.11 Å². The largest absolute Gasteiger partial charge is 0.396 e. The first-order valence-electron chi connectivity index (χ1n) is 9.52. The van der Waals surface area contributed by atoms with Gasteiger partial charge in [-0.25, -0.2) is 9.97 Å². The van der Waals surface area contributed by atoms with E-state index in [0.29, 0.717) is 24.4 Å². The third kappa shape index (κ3) is 4.52. The van der Waals surface area contributed by atoms with Gasteiger partial charge in [-0.1, -0.05) is 20.3 Å². The molecule has 0 amide bonds. The van der Waals surface area contributed by atoms with Gasteiger partial charge in [0.05, 0.1) is 0 Å². The molecule has 24 heavy (non-hydrogen) atoms. The first-order chi connectivity index (χ1) is 11.7. The second-order valence-corrected chi connectivity index (χ2v) is 7.86. The third-order valence-corrected chi connectivity index (χ3v) is 5.48. The van der Waals surface area contributed by atoms with Gasteiger partial charge in [0.1, 0.15) is 5.82 Å². The number of aliphatic hydroxyl groups excluding tert-OH is 1. The Morgan fingerprint density at radius 1 is 1.04 bits per heavy atom. The van der Waals surface area contributed by atoms with Crippen LogP contribution in [0, 0.1) is 11.8 Å². The standard InChI is InChI=1S/C19H32N4O/c1-15(2)19-20-8-16(9-21-19)10-23-12-17(18(13-23)14-24)11-22-6-4-3-5-7-22/h8-9,15,17-18,24H,3-7,10-14H2,1-2H3/t17-,18-/m1/s1. The summed E-state index contributed by atoms with van der Waals surface area (Å²) in [5.74, 6) is 2.28. The summed E-state index contributed by atoms with van der Waals surface area (Å²) in [7, 11) is 0. The van der Waals surface area contributed by atoms with Gasteiger partial charge in [0.2, 0.25) is 0 Å². The molecule has 3 rings (SSSR count). The molecule has 1 aromatic heterocycles. The quantitative estimate of drug-likeness (QED) is 0.865. The molecule has 3 heterocycles. The lowest BCUT2D eigenvalue weighted by Gasteiger charge is -2.30. The van der Waals surface area contributed by atoms with Crippen LogP contribution < -0.4 is 0 Å². The van der Waals surface area contributed by atoms with Crippen LogP contribution in [0.3, 0.4) is 0 Å². The van der Waals surface area contributed by atoms with Gasteiger partial charge in [0.15, 0.2) is 0 Å². The molecule has 1 N–H and O–H groups in total. The van der Waals surface area contributed by atoms with Crippen molar-refractivity contribution in [2.24, 2.45) is 11.8 Å². The molecular formula is C19H32N4O. The van der Waals surface area contributed by atoms with E-state index in [1.807, 2.05) is 12.4 Å². The van der Waals surface area contributed by atoms with E-state index in [1.54, 1.807) is 0 Å². The minimum absolute atomic E-state index is 0.303. The summed E-state index contributed by atoms with van der Waals surface area (Å²) in [6.07, 6.45) is 7.98. The zero-order valence-electron chi connectivity index (χ0n) is 15.2. The molecule has 5 heteroatoms. The number of hydrogen-bond acceptors (Lipinski definition) is 5. The first-order valence-corrected chi connectivity index (χ1v) is 9.52. The van der Waals surface area contributed by atoms with E-state index < -0.39 is 0 Å². The first kappa shape index (κ1) is 17.8. The van der Waals surface area contributed by atoms with Crippen molar-refractivity contribution in [2.75, 3.05) is 39.3 Å². The normalized spacial score (nSPS) is 26.3. The van der Waals surface area contributed by atoms with Gasteiger partial charge >= 0.3 is 0 Å². The smallest absolute Gasteiger partial charge is 0.130 e. The predicted molar refractivity (Wildman–Crippen MR) is 95.8 cm³/mol. The summed E-state index contributed by atoms with van der Waals surface area (Å²) in [4.78, 5) is 14.0. The Labute approximate surface area is 146 Å². The van der Waals surface area contributed by atoms with Crippen LogP contribution in [-0.4, -0.2) is 64.2 Å². The fraction of sp³-hybridized carbons (Fsp3) is 0.789. The molecule has 2 fully saturated rings. The van der Waals surface area contributed by atoms with Gasteiger partial charge in [0.25, 0.3) is 0 Å². The Hall–Kier alpha value is -1.04. The molecule has 2 atom stereocenters. The molecule has 0 saturated carbocycles. The number of aromatic nitrogens is 2. The van der Waals surface area contributed by atoms with E-state index >= 15 is 0 Å². The zero-order chi connectivity index (χ0) is 16.9. The van der Waals surface area contributed by atoms with Crippen molar-refractivity contribution in [1.29, 1.82) is 0 Å². The van der Waals surface area contributed by atoms with Crippen LogP contribution in [0.15, 0.2) is 12.4 Å². The number of nitrogens with zero attached hydrogens (tertiary/aromatic N) is 4. The molecule has 0 bridgehead atoms. The highest BCUT2D eigenvalue weighted by Gasteiger charge is 2.33. The van der Waals surface area contributed by atoms with E-state index in [4.69, 9.17) is 0 Å². The van der Waals surface area contributed by atoms with E-state index in [1.165, 1.54) is 37.9 Å². The molecule has 0 aliphatic carbocycles. The summed E-state index contributed by atoms with van der Waals surface area (Å²) >= 11 is 0. The lowest BCUT2D eigenvalue weighted by Crippen LogP contribution is -2.37. The van der Waals surface area contributed by atoms with E-state index in [-0.39, 0.29) is 0 Å². The maximum Gasteiger partial charge on any atom is 0.130 e. The molecule has 0 spiro atoms. The van der Waals surface area contributed by atoms with Gasteiger partial charge < -0.3 is 10.0 Å². The Morgan fingerprint density at radius 2 is 1.71 bits per heavy atom. The minimum atomic E-state index is 0.303. The van der Waals surface area contributed by atoms with Crippen molar-refractivity contribution in [1.82, 2.24) is 19.8 Å². The van der Waals surface area contributed by atoms with Crippen molar-refractivity contribution in [3.63, 3.8) is 0 Å². The van der Waals surface area contributed by atoms with E-state index in [0.717, 1.165) is 32.0 Å². The van der Waals surface area contributed by atoms with Gasteiger partial charge in [-0.3, -0.25) is 4.90 Å². The second-order valence-electron chi connectivity index (χ2n) is 7.86. The highest BCUT2D eigenvalue weighted by molar-refractivity contribution is 5.07. The van der Waals surface area contributed by atoms with Crippen LogP contribution in [-0.2, 0) is 6.54 Å². The Morgan fingerprint density at radius 3 is 2.33 bits per heavy atom. The number of hydrogen-bond donors (Lipinski definition) is 1. The Balaban J connectivity index is 1.55. The average Bonchev–Trinajstić information content (AvgIpc) is 2.97. The molecule has 2 aliphatic heterocycles. The fourth-order valence-electron chi connectivity index (χ4n) is 4.06. The molecule has 134 valence electrons. The fourth-order valence-corrected chi connectivity index (χ4v) is 4.06. The van der Waals surface area contributed by atoms with Crippen LogP contribution in [0.1, 0.15) is 50.4 Å². The summed E-state index contributed by atoms with van der Waals surface area (Å²) in [5, 5.41) is 9.78. The third-order valence-electron chi connectivity index (χ3n) is 5.48. The van der Waals surface area contributed by atoms with Gasteiger partial charge in [0, 0.05) is 56.7 Å². The van der Waals surface area contributed by atoms with Crippen LogP contribution >= 0.6 is 0 Å². The van der Waals surface area contributed by atoms with E-state index in [2.05, 4.69) is 33.6 Å². The molecule has 5 nitrogen and oxygen atoms in total. The summed E-state index contributed by atoms with van der Waals surface area (Å²) in [6, 6.07) is 0. The molecule has 0 unspecified atom stereocenters. The molecule has 0 aromatic carbocycles. The number of rotatable bonds is 6. The number of likely N-dealkylation sites (tertiary alicyclic amines) is 2. The lowest BCUT2D eigenvalue weighted by molar-refractivity contribution is 0.149. The maximum atomic E-state index is 9.78. The Kier molecular flexibility index (Phi) is 6.19. The molecule has 1 aromatic rings. The van der Waals surface area contributed by atoms with Crippen molar-refractivity contribution in [2.45, 2.75) is 45.6 Å². The monoisotopic (exact) mass is 332 g/mol. The summed E-state index contributed by atoms with van der Waals surface area (Å²) in [6.45, 7) is 11.1. The van der Waals surface area contributed by atoms with Crippen LogP contribution in [0.5, 0.6) is 0 Å². The highest BCUT2D eigenvalue weighted by Crippen LogP contribution is 2.26. The van der Waals surface area contributed by atoms with Gasteiger partial charge in [-0.2, -0.15) is 0 Å². The SMILES string of the molecule is CC(C)c1ncc(CN2C[C@@H](CN3CCCCC3)[C@@H](CO)C2)cn1. The van der Waals surface area contributed by atoms with Crippen molar-refractivity contribution >= 4 is 0 Å². The maximum absolute atomic E-state index is 9.78. The van der Waals surface area contributed by atoms with Crippen LogP contribution in [0.4, 0.5) is 0 Å². The highest BCUT2D eigenvalue weighted by atomic mass is 16.3. The van der Waals surface area contributed by atoms with Gasteiger partial charge in [-0.15, -0.1) is 0 Å². The molecule has 2 aliphatic rings. The molecule has 0 radical (unpaired) electrons. The van der Waals surface area contributed by atoms with Crippen LogP contribution in [0.25, 0.3) is 0 Å². The minimum Gasteiger partial charge on any atom is -0.396 e. The second kappa shape index (κ2) is 8.37. The average molecular weight is 332 g/mol. The summed E-state index contributed by atoms with van der Waals surface area (Å²) in [5.41, 5.74) is 1.18. The molecular weight excluding hydrogens is 300 g/mol. The zero-order valence-corrected chi connectivity index (χ0v) is 15.2. The number of piperidine rings is 1. The summed E-state index contributed by atoms with van der Waals surface area (Å²) < 4.78 is 0. The van der Waals surface area contributed by atoms with Crippen LogP contribution in [0.2, 0.25) is 0 Å². The Bertz CT molecular complexity index is 499. The number of aliphatic hydroxyl groups is 1. The van der Waals surface area contributed by atoms with Crippen molar-refractivity contribution in [3.8, 4) is 0 Å². The van der Waals surface area contributed by atoms with Crippen molar-refractivity contribution < 1.29 is 5.11 Å². The van der Waals surface area contributed by atoms with Gasteiger partial charge in [-0.05, 0) is 37.8 Å². The predicted octanol–water partition coefficient (Wildman–Crippen LogP) is 2.13. The van der Waals surface area contributed by atoms with Crippen molar-refractivity contribution in [3.05, 3.63) is 23.8 Å². The topological polar surface area (TPSA) is 52.5 Å².